The van der Waals surface area contributed by atoms with Crippen LogP contribution in [0, 0.1) is 19.8 Å². The van der Waals surface area contributed by atoms with Gasteiger partial charge in [0.05, 0.1) is 11.6 Å². The SMILES string of the molecule is Cc1ccc(NC(=O)[C@@H]2CCCN(c3ccc(=O)n(-c4cccc(Cl)c4)n3)C2)c(C)c1. The second kappa shape index (κ2) is 8.94. The van der Waals surface area contributed by atoms with Gasteiger partial charge in [-0.05, 0) is 62.6 Å². The fraction of sp³-hybridized carbons (Fsp3) is 0.292. The monoisotopic (exact) mass is 436 g/mol. The van der Waals surface area contributed by atoms with Crippen molar-refractivity contribution in [3.05, 3.63) is 81.1 Å². The largest absolute Gasteiger partial charge is 0.354 e. The molecule has 4 rings (SSSR count). The van der Waals surface area contributed by atoms with Crippen LogP contribution in [0.1, 0.15) is 24.0 Å². The first-order chi connectivity index (χ1) is 14.9. The molecule has 1 saturated heterocycles. The summed E-state index contributed by atoms with van der Waals surface area (Å²) in [4.78, 5) is 27.4. The van der Waals surface area contributed by atoms with Gasteiger partial charge in [0.25, 0.3) is 5.56 Å². The first-order valence-electron chi connectivity index (χ1n) is 10.4. The Morgan fingerprint density at radius 1 is 1.13 bits per heavy atom. The van der Waals surface area contributed by atoms with E-state index in [4.69, 9.17) is 11.6 Å². The Balaban J connectivity index is 1.52. The highest BCUT2D eigenvalue weighted by molar-refractivity contribution is 6.30. The second-order valence-corrected chi connectivity index (χ2v) is 8.45. The van der Waals surface area contributed by atoms with Crippen LogP contribution < -0.4 is 15.8 Å². The second-order valence-electron chi connectivity index (χ2n) is 8.01. The van der Waals surface area contributed by atoms with Crippen LogP contribution in [0.3, 0.4) is 0 Å². The molecule has 1 atom stereocenters. The minimum Gasteiger partial charge on any atom is -0.354 e. The molecule has 1 amide bonds. The average molecular weight is 437 g/mol. The third kappa shape index (κ3) is 4.80. The van der Waals surface area contributed by atoms with Crippen molar-refractivity contribution in [2.75, 3.05) is 23.3 Å². The van der Waals surface area contributed by atoms with Crippen LogP contribution in [0.5, 0.6) is 0 Å². The van der Waals surface area contributed by atoms with Crippen molar-refractivity contribution in [2.24, 2.45) is 5.92 Å². The number of benzene rings is 2. The molecular weight excluding hydrogens is 412 g/mol. The van der Waals surface area contributed by atoms with Gasteiger partial charge in [0.2, 0.25) is 5.91 Å². The van der Waals surface area contributed by atoms with E-state index in [1.54, 1.807) is 30.3 Å². The van der Waals surface area contributed by atoms with Crippen molar-refractivity contribution in [1.82, 2.24) is 9.78 Å². The van der Waals surface area contributed by atoms with Gasteiger partial charge in [0.1, 0.15) is 5.82 Å². The molecule has 1 N–H and O–H groups in total. The number of aryl methyl sites for hydroxylation is 2. The third-order valence-electron chi connectivity index (χ3n) is 5.59. The number of nitrogens with zero attached hydrogens (tertiary/aromatic N) is 3. The zero-order valence-corrected chi connectivity index (χ0v) is 18.4. The van der Waals surface area contributed by atoms with Crippen molar-refractivity contribution >= 4 is 29.0 Å². The minimum atomic E-state index is -0.229. The zero-order chi connectivity index (χ0) is 22.0. The van der Waals surface area contributed by atoms with E-state index in [0.29, 0.717) is 23.1 Å². The number of rotatable bonds is 4. The molecule has 1 aliphatic heterocycles. The molecule has 2 aromatic carbocycles. The van der Waals surface area contributed by atoms with E-state index in [9.17, 15) is 9.59 Å². The Kier molecular flexibility index (Phi) is 6.09. The molecule has 1 aromatic heterocycles. The number of hydrogen-bond donors (Lipinski definition) is 1. The number of carbonyl (C=O) groups is 1. The van der Waals surface area contributed by atoms with Gasteiger partial charge in [-0.3, -0.25) is 9.59 Å². The van der Waals surface area contributed by atoms with Gasteiger partial charge in [-0.15, -0.1) is 5.10 Å². The molecule has 0 spiro atoms. The van der Waals surface area contributed by atoms with E-state index < -0.39 is 0 Å². The lowest BCUT2D eigenvalue weighted by molar-refractivity contribution is -0.120. The van der Waals surface area contributed by atoms with Crippen molar-refractivity contribution in [3.63, 3.8) is 0 Å². The number of nitrogens with one attached hydrogen (secondary N) is 1. The lowest BCUT2D eigenvalue weighted by Gasteiger charge is -2.33. The number of amides is 1. The summed E-state index contributed by atoms with van der Waals surface area (Å²) >= 11 is 6.08. The lowest BCUT2D eigenvalue weighted by Crippen LogP contribution is -2.41. The Hall–Kier alpha value is -3.12. The maximum Gasteiger partial charge on any atom is 0.271 e. The normalized spacial score (nSPS) is 16.2. The summed E-state index contributed by atoms with van der Waals surface area (Å²) in [6.45, 7) is 5.37. The van der Waals surface area contributed by atoms with Gasteiger partial charge in [-0.2, -0.15) is 4.68 Å². The first kappa shape index (κ1) is 21.1. The predicted octanol–water partition coefficient (Wildman–Crippen LogP) is 4.36. The number of carbonyl (C=O) groups excluding carboxylic acids is 1. The van der Waals surface area contributed by atoms with Gasteiger partial charge >= 0.3 is 0 Å². The Morgan fingerprint density at radius 3 is 2.74 bits per heavy atom. The minimum absolute atomic E-state index is 0.0137. The summed E-state index contributed by atoms with van der Waals surface area (Å²) in [5.41, 5.74) is 3.45. The van der Waals surface area contributed by atoms with Crippen molar-refractivity contribution in [2.45, 2.75) is 26.7 Å². The highest BCUT2D eigenvalue weighted by Crippen LogP contribution is 2.24. The summed E-state index contributed by atoms with van der Waals surface area (Å²) in [6, 6.07) is 16.3. The number of aromatic nitrogens is 2. The molecule has 7 heteroatoms. The quantitative estimate of drug-likeness (QED) is 0.660. The Morgan fingerprint density at radius 2 is 1.97 bits per heavy atom. The molecule has 1 fully saturated rings. The van der Waals surface area contributed by atoms with Crippen LogP contribution >= 0.6 is 11.6 Å². The summed E-state index contributed by atoms with van der Waals surface area (Å²) in [5, 5.41) is 8.16. The molecule has 6 nitrogen and oxygen atoms in total. The first-order valence-corrected chi connectivity index (χ1v) is 10.8. The lowest BCUT2D eigenvalue weighted by atomic mass is 9.96. The van der Waals surface area contributed by atoms with Crippen molar-refractivity contribution in [3.8, 4) is 5.69 Å². The number of halogens is 1. The van der Waals surface area contributed by atoms with Crippen LogP contribution in [0.25, 0.3) is 5.69 Å². The van der Waals surface area contributed by atoms with Gasteiger partial charge in [0, 0.05) is 29.9 Å². The van der Waals surface area contributed by atoms with Gasteiger partial charge in [-0.25, -0.2) is 0 Å². The molecule has 0 radical (unpaired) electrons. The standard InChI is InChI=1S/C24H25ClN4O2/c1-16-8-9-21(17(2)13-16)26-24(31)18-5-4-12-28(15-18)22-10-11-23(30)29(27-22)20-7-3-6-19(25)14-20/h3,6-11,13-14,18H,4-5,12,15H2,1-2H3,(H,26,31)/t18-/m1/s1. The van der Waals surface area contributed by atoms with E-state index in [1.807, 2.05) is 26.0 Å². The molecule has 0 aliphatic carbocycles. The fourth-order valence-electron chi connectivity index (χ4n) is 3.95. The molecular formula is C24H25ClN4O2. The highest BCUT2D eigenvalue weighted by atomic mass is 35.5. The molecule has 0 unspecified atom stereocenters. The predicted molar refractivity (Wildman–Crippen MR) is 124 cm³/mol. The van der Waals surface area contributed by atoms with Crippen LogP contribution in [-0.4, -0.2) is 28.8 Å². The van der Waals surface area contributed by atoms with Crippen LogP contribution in [0.4, 0.5) is 11.5 Å². The molecule has 0 saturated carbocycles. The van der Waals surface area contributed by atoms with E-state index >= 15 is 0 Å². The number of piperidine rings is 1. The molecule has 0 bridgehead atoms. The van der Waals surface area contributed by atoms with Gasteiger partial charge in [-0.1, -0.05) is 35.4 Å². The molecule has 1 aliphatic rings. The average Bonchev–Trinajstić information content (AvgIpc) is 2.76. The molecule has 3 aromatic rings. The van der Waals surface area contributed by atoms with E-state index in [1.165, 1.54) is 16.3 Å². The van der Waals surface area contributed by atoms with E-state index in [0.717, 1.165) is 30.6 Å². The van der Waals surface area contributed by atoms with E-state index in [2.05, 4.69) is 21.4 Å². The molecule has 160 valence electrons. The summed E-state index contributed by atoms with van der Waals surface area (Å²) in [7, 11) is 0. The Bertz CT molecular complexity index is 1170. The highest BCUT2D eigenvalue weighted by Gasteiger charge is 2.27. The van der Waals surface area contributed by atoms with E-state index in [-0.39, 0.29) is 17.4 Å². The van der Waals surface area contributed by atoms with Crippen molar-refractivity contribution < 1.29 is 4.79 Å². The molecule has 2 heterocycles. The van der Waals surface area contributed by atoms with Gasteiger partial charge < -0.3 is 10.2 Å². The third-order valence-corrected chi connectivity index (χ3v) is 5.83. The zero-order valence-electron chi connectivity index (χ0n) is 17.6. The summed E-state index contributed by atoms with van der Waals surface area (Å²) in [6.07, 6.45) is 1.70. The maximum atomic E-state index is 12.9. The topological polar surface area (TPSA) is 67.2 Å². The maximum absolute atomic E-state index is 12.9. The summed E-state index contributed by atoms with van der Waals surface area (Å²) in [5.74, 6) is 0.534. The summed E-state index contributed by atoms with van der Waals surface area (Å²) < 4.78 is 1.35. The fourth-order valence-corrected chi connectivity index (χ4v) is 4.14. The smallest absolute Gasteiger partial charge is 0.271 e. The van der Waals surface area contributed by atoms with Gasteiger partial charge in [0.15, 0.2) is 0 Å². The number of hydrogen-bond acceptors (Lipinski definition) is 4. The Labute approximate surface area is 186 Å². The molecule has 31 heavy (non-hydrogen) atoms. The van der Waals surface area contributed by atoms with Crippen molar-refractivity contribution in [1.29, 1.82) is 0 Å². The van der Waals surface area contributed by atoms with Crippen LogP contribution in [0.15, 0.2) is 59.4 Å². The van der Waals surface area contributed by atoms with Crippen LogP contribution in [0.2, 0.25) is 5.02 Å². The van der Waals surface area contributed by atoms with Crippen LogP contribution in [-0.2, 0) is 4.79 Å². The number of anilines is 2.